The van der Waals surface area contributed by atoms with E-state index in [2.05, 4.69) is 20.4 Å². The minimum absolute atomic E-state index is 0.0163. The van der Waals surface area contributed by atoms with Gasteiger partial charge in [0.05, 0.1) is 17.6 Å². The van der Waals surface area contributed by atoms with Gasteiger partial charge in [-0.2, -0.15) is 0 Å². The van der Waals surface area contributed by atoms with E-state index in [9.17, 15) is 24.9 Å². The van der Waals surface area contributed by atoms with Gasteiger partial charge in [-0.25, -0.2) is 0 Å². The Morgan fingerprint density at radius 3 is 2.59 bits per heavy atom. The predicted molar refractivity (Wildman–Crippen MR) is 100 cm³/mol. The van der Waals surface area contributed by atoms with Crippen LogP contribution < -0.4 is 0 Å². The number of carbonyl (C=O) groups excluding carboxylic acids is 2. The molecule has 8 atom stereocenters. The lowest BCUT2D eigenvalue weighted by atomic mass is 9.36. The molecule has 2 aliphatic heterocycles. The standard InChI is InChI=1S/C22H30O7/c1-11-16(24)21-9-19(11,26)8-5-13(21)20-10-28-22(21,27)17(25)15(20)18(3,4)7-6-14(20)29-12(2)23/h13-15,17,25-27H,1,5-10H2,2-4H3/t13-,14-,15+,17-,19-,20+,21-,22+/m0/s1. The molecule has 29 heavy (non-hydrogen) atoms. The van der Waals surface area contributed by atoms with Crippen LogP contribution in [0.25, 0.3) is 0 Å². The molecule has 6 aliphatic rings. The highest BCUT2D eigenvalue weighted by Crippen LogP contribution is 2.77. The van der Waals surface area contributed by atoms with Crippen LogP contribution in [0.4, 0.5) is 0 Å². The molecule has 2 spiro atoms. The van der Waals surface area contributed by atoms with E-state index in [1.165, 1.54) is 6.92 Å². The lowest BCUT2D eigenvalue weighted by Crippen LogP contribution is -2.84. The number of carbonyl (C=O) groups is 2. The number of ketones is 1. The fraction of sp³-hybridized carbons (Fsp3) is 0.818. The summed E-state index contributed by atoms with van der Waals surface area (Å²) in [6.45, 7) is 9.42. The summed E-state index contributed by atoms with van der Waals surface area (Å²) in [5.74, 6) is -3.71. The molecule has 0 amide bonds. The van der Waals surface area contributed by atoms with Gasteiger partial charge in [0.15, 0.2) is 5.78 Å². The van der Waals surface area contributed by atoms with Crippen LogP contribution in [0.3, 0.4) is 0 Å². The summed E-state index contributed by atoms with van der Waals surface area (Å²) < 4.78 is 11.7. The number of fused-ring (bicyclic) bond motifs is 2. The summed E-state index contributed by atoms with van der Waals surface area (Å²) in [4.78, 5) is 25.5. The molecule has 0 unspecified atom stereocenters. The van der Waals surface area contributed by atoms with E-state index in [1.807, 2.05) is 0 Å². The Morgan fingerprint density at radius 1 is 1.24 bits per heavy atom. The van der Waals surface area contributed by atoms with Gasteiger partial charge in [0.2, 0.25) is 5.79 Å². The number of hydrogen-bond donors (Lipinski definition) is 3. The average molecular weight is 406 g/mol. The molecule has 4 saturated carbocycles. The highest BCUT2D eigenvalue weighted by molar-refractivity contribution is 6.05. The Labute approximate surface area is 170 Å². The van der Waals surface area contributed by atoms with Gasteiger partial charge in [-0.3, -0.25) is 9.59 Å². The van der Waals surface area contributed by atoms with Gasteiger partial charge in [-0.05, 0) is 43.4 Å². The van der Waals surface area contributed by atoms with Crippen molar-refractivity contribution < 1.29 is 34.4 Å². The van der Waals surface area contributed by atoms with Gasteiger partial charge >= 0.3 is 5.97 Å². The molecule has 6 fully saturated rings. The third-order valence-electron chi connectivity index (χ3n) is 9.18. The second kappa shape index (κ2) is 5.31. The number of Topliss-reactive ketones (excluding diaryl/α,β-unsaturated/α-hetero) is 1. The number of aliphatic hydroxyl groups excluding tert-OH is 1. The van der Waals surface area contributed by atoms with Crippen LogP contribution >= 0.6 is 0 Å². The van der Waals surface area contributed by atoms with Crippen LogP contribution in [0.2, 0.25) is 0 Å². The summed E-state index contributed by atoms with van der Waals surface area (Å²) in [6, 6.07) is 0. The molecule has 7 nitrogen and oxygen atoms in total. The zero-order valence-electron chi connectivity index (χ0n) is 17.2. The van der Waals surface area contributed by atoms with Crippen molar-refractivity contribution in [3.63, 3.8) is 0 Å². The van der Waals surface area contributed by atoms with Crippen LogP contribution in [-0.4, -0.2) is 57.3 Å². The van der Waals surface area contributed by atoms with Crippen molar-refractivity contribution in [2.45, 2.75) is 76.5 Å². The first kappa shape index (κ1) is 19.7. The zero-order valence-corrected chi connectivity index (χ0v) is 17.2. The molecular formula is C22H30O7. The van der Waals surface area contributed by atoms with Gasteiger partial charge in [0.1, 0.15) is 12.2 Å². The predicted octanol–water partition coefficient (Wildman–Crippen LogP) is 1.09. The monoisotopic (exact) mass is 406 g/mol. The summed E-state index contributed by atoms with van der Waals surface area (Å²) >= 11 is 0. The molecule has 2 saturated heterocycles. The Kier molecular flexibility index (Phi) is 3.60. The van der Waals surface area contributed by atoms with E-state index in [4.69, 9.17) is 9.47 Å². The van der Waals surface area contributed by atoms with Gasteiger partial charge in [0, 0.05) is 23.8 Å². The normalized spacial score (nSPS) is 54.7. The van der Waals surface area contributed by atoms with Crippen molar-refractivity contribution in [1.82, 2.24) is 0 Å². The maximum Gasteiger partial charge on any atom is 0.302 e. The zero-order chi connectivity index (χ0) is 21.2. The summed E-state index contributed by atoms with van der Waals surface area (Å²) in [5.41, 5.74) is -3.93. The number of esters is 1. The maximum absolute atomic E-state index is 13.5. The van der Waals surface area contributed by atoms with Crippen molar-refractivity contribution in [2.24, 2.45) is 28.1 Å². The fourth-order valence-corrected chi connectivity index (χ4v) is 8.15. The first-order valence-corrected chi connectivity index (χ1v) is 10.5. The van der Waals surface area contributed by atoms with Crippen molar-refractivity contribution in [1.29, 1.82) is 0 Å². The Hall–Kier alpha value is -1.28. The molecule has 160 valence electrons. The lowest BCUT2D eigenvalue weighted by Gasteiger charge is -2.74. The van der Waals surface area contributed by atoms with E-state index < -0.39 is 52.1 Å². The first-order valence-electron chi connectivity index (χ1n) is 10.5. The van der Waals surface area contributed by atoms with Crippen LogP contribution in [0, 0.1) is 28.1 Å². The van der Waals surface area contributed by atoms with Gasteiger partial charge in [-0.1, -0.05) is 20.4 Å². The van der Waals surface area contributed by atoms with Crippen LogP contribution in [0.1, 0.15) is 52.9 Å². The highest BCUT2D eigenvalue weighted by atomic mass is 16.6. The van der Waals surface area contributed by atoms with E-state index in [1.54, 1.807) is 0 Å². The Morgan fingerprint density at radius 2 is 1.93 bits per heavy atom. The largest absolute Gasteiger partial charge is 0.462 e. The Balaban J connectivity index is 1.77. The van der Waals surface area contributed by atoms with Gasteiger partial charge in [0.25, 0.3) is 0 Å². The topological polar surface area (TPSA) is 113 Å². The van der Waals surface area contributed by atoms with E-state index in [0.29, 0.717) is 19.3 Å². The quantitative estimate of drug-likeness (QED) is 0.441. The first-order chi connectivity index (χ1) is 13.4. The third-order valence-corrected chi connectivity index (χ3v) is 9.18. The minimum atomic E-state index is -2.09. The van der Waals surface area contributed by atoms with E-state index in [-0.39, 0.29) is 29.9 Å². The molecule has 3 N–H and O–H groups in total. The SMILES string of the molecule is C=C1C(=O)[C@]23C[C@@]1(O)CC[C@H]2[C@@]12CO[C@]3(O)[C@@H](O)[C@@H]1C(C)(C)CC[C@@H]2OC(C)=O. The molecular weight excluding hydrogens is 376 g/mol. The van der Waals surface area contributed by atoms with Gasteiger partial charge in [-0.15, -0.1) is 0 Å². The van der Waals surface area contributed by atoms with Crippen molar-refractivity contribution >= 4 is 11.8 Å². The number of ether oxygens (including phenoxy) is 2. The number of rotatable bonds is 1. The summed E-state index contributed by atoms with van der Waals surface area (Å²) in [6.07, 6.45) is 0.281. The smallest absolute Gasteiger partial charge is 0.302 e. The summed E-state index contributed by atoms with van der Waals surface area (Å²) in [7, 11) is 0. The van der Waals surface area contributed by atoms with Crippen molar-refractivity contribution in [3.8, 4) is 0 Å². The van der Waals surface area contributed by atoms with Crippen LogP contribution in [-0.2, 0) is 19.1 Å². The Bertz CT molecular complexity index is 835. The molecule has 7 heteroatoms. The van der Waals surface area contributed by atoms with E-state index >= 15 is 0 Å². The molecule has 0 radical (unpaired) electrons. The van der Waals surface area contributed by atoms with E-state index in [0.717, 1.165) is 6.42 Å². The second-order valence-electron chi connectivity index (χ2n) is 10.7. The van der Waals surface area contributed by atoms with Crippen molar-refractivity contribution in [3.05, 3.63) is 12.2 Å². The molecule has 0 aromatic heterocycles. The molecule has 2 heterocycles. The van der Waals surface area contributed by atoms with Gasteiger partial charge < -0.3 is 24.8 Å². The van der Waals surface area contributed by atoms with Crippen molar-refractivity contribution in [2.75, 3.05) is 6.61 Å². The molecule has 0 aromatic carbocycles. The highest BCUT2D eigenvalue weighted by Gasteiger charge is 2.86. The second-order valence-corrected chi connectivity index (χ2v) is 10.7. The average Bonchev–Trinajstić information content (AvgIpc) is 2.78. The molecule has 4 bridgehead atoms. The molecule has 4 aliphatic carbocycles. The minimum Gasteiger partial charge on any atom is -0.462 e. The summed E-state index contributed by atoms with van der Waals surface area (Å²) in [5, 5.41) is 34.3. The lowest BCUT2D eigenvalue weighted by molar-refractivity contribution is -0.450. The van der Waals surface area contributed by atoms with Crippen LogP contribution in [0.15, 0.2) is 12.2 Å². The molecule has 6 rings (SSSR count). The molecule has 0 aromatic rings. The van der Waals surface area contributed by atoms with Crippen LogP contribution in [0.5, 0.6) is 0 Å². The third kappa shape index (κ3) is 1.90. The number of aliphatic hydroxyl groups is 3. The maximum atomic E-state index is 13.5. The fourth-order valence-electron chi connectivity index (χ4n) is 8.15. The number of hydrogen-bond acceptors (Lipinski definition) is 7.